The highest BCUT2D eigenvalue weighted by atomic mass is 15.0. The minimum absolute atomic E-state index is 0.464. The Labute approximate surface area is 116 Å². The third-order valence-electron chi connectivity index (χ3n) is 3.16. The number of nitriles is 2. The van der Waals surface area contributed by atoms with E-state index in [2.05, 4.69) is 11.1 Å². The molecular weight excluding hydrogens is 248 g/mol. The molecule has 0 unspecified atom stereocenters. The van der Waals surface area contributed by atoms with Crippen molar-refractivity contribution in [3.8, 4) is 12.1 Å². The molecule has 1 aromatic carbocycles. The van der Waals surface area contributed by atoms with Gasteiger partial charge in [-0.15, -0.1) is 0 Å². The lowest BCUT2D eigenvalue weighted by atomic mass is 10.2. The fourth-order valence-corrected chi connectivity index (χ4v) is 2.22. The molecule has 0 saturated heterocycles. The van der Waals surface area contributed by atoms with Gasteiger partial charge in [-0.05, 0) is 11.6 Å². The zero-order chi connectivity index (χ0) is 13.9. The molecule has 3 rings (SSSR count). The summed E-state index contributed by atoms with van der Waals surface area (Å²) >= 11 is 0. The summed E-state index contributed by atoms with van der Waals surface area (Å²) < 4.78 is 1.93. The van der Waals surface area contributed by atoms with Crippen LogP contribution in [0.25, 0.3) is 11.0 Å². The standard InChI is InChI=1S/C16H10N4/c17-7-13-6-15-14(8-18)11-20(16(15)19-9-13)10-12-4-2-1-3-5-12/h1-6,9,11H,10H2. The number of pyridine rings is 1. The van der Waals surface area contributed by atoms with E-state index in [0.717, 1.165) is 16.6 Å². The van der Waals surface area contributed by atoms with Crippen LogP contribution in [0.3, 0.4) is 0 Å². The average Bonchev–Trinajstić information content (AvgIpc) is 2.85. The molecule has 0 aliphatic carbocycles. The topological polar surface area (TPSA) is 65.4 Å². The molecule has 4 heteroatoms. The smallest absolute Gasteiger partial charge is 0.141 e. The van der Waals surface area contributed by atoms with Crippen LogP contribution in [0.1, 0.15) is 16.7 Å². The lowest BCUT2D eigenvalue weighted by molar-refractivity contribution is 0.824. The van der Waals surface area contributed by atoms with Gasteiger partial charge in [-0.1, -0.05) is 30.3 Å². The van der Waals surface area contributed by atoms with Crippen molar-refractivity contribution in [2.24, 2.45) is 0 Å². The maximum Gasteiger partial charge on any atom is 0.141 e. The van der Waals surface area contributed by atoms with Crippen LogP contribution in [-0.4, -0.2) is 9.55 Å². The Morgan fingerprint density at radius 3 is 2.60 bits per heavy atom. The Balaban J connectivity index is 2.13. The second-order valence-corrected chi connectivity index (χ2v) is 4.48. The molecule has 0 radical (unpaired) electrons. The third kappa shape index (κ3) is 2.00. The highest BCUT2D eigenvalue weighted by molar-refractivity contribution is 5.84. The SMILES string of the molecule is N#Cc1cnc2c(c1)c(C#N)cn2Cc1ccccc1. The van der Waals surface area contributed by atoms with E-state index >= 15 is 0 Å². The summed E-state index contributed by atoms with van der Waals surface area (Å²) in [6.07, 6.45) is 3.32. The van der Waals surface area contributed by atoms with Crippen molar-refractivity contribution in [1.29, 1.82) is 10.5 Å². The van der Waals surface area contributed by atoms with Crippen molar-refractivity contribution < 1.29 is 0 Å². The average molecular weight is 258 g/mol. The van der Waals surface area contributed by atoms with Crippen LogP contribution in [-0.2, 0) is 6.54 Å². The third-order valence-corrected chi connectivity index (χ3v) is 3.16. The number of aromatic nitrogens is 2. The van der Waals surface area contributed by atoms with E-state index < -0.39 is 0 Å². The van der Waals surface area contributed by atoms with Crippen LogP contribution < -0.4 is 0 Å². The summed E-state index contributed by atoms with van der Waals surface area (Å²) in [7, 11) is 0. The predicted octanol–water partition coefficient (Wildman–Crippen LogP) is 2.83. The molecule has 0 N–H and O–H groups in total. The first-order valence-electron chi connectivity index (χ1n) is 6.15. The van der Waals surface area contributed by atoms with Crippen LogP contribution in [0.5, 0.6) is 0 Å². The van der Waals surface area contributed by atoms with Gasteiger partial charge in [0.15, 0.2) is 0 Å². The van der Waals surface area contributed by atoms with Gasteiger partial charge in [-0.3, -0.25) is 0 Å². The Bertz CT molecular complexity index is 848. The van der Waals surface area contributed by atoms with Gasteiger partial charge >= 0.3 is 0 Å². The van der Waals surface area contributed by atoms with Crippen molar-refractivity contribution >= 4 is 11.0 Å². The van der Waals surface area contributed by atoms with E-state index in [1.807, 2.05) is 41.0 Å². The van der Waals surface area contributed by atoms with Crippen molar-refractivity contribution in [3.05, 3.63) is 65.5 Å². The molecule has 20 heavy (non-hydrogen) atoms. The van der Waals surface area contributed by atoms with E-state index in [4.69, 9.17) is 5.26 Å². The van der Waals surface area contributed by atoms with Gasteiger partial charge in [0.25, 0.3) is 0 Å². The monoisotopic (exact) mass is 258 g/mol. The fourth-order valence-electron chi connectivity index (χ4n) is 2.22. The maximum atomic E-state index is 9.20. The van der Waals surface area contributed by atoms with Crippen LogP contribution >= 0.6 is 0 Å². The normalized spacial score (nSPS) is 10.1. The van der Waals surface area contributed by atoms with Crippen molar-refractivity contribution in [2.45, 2.75) is 6.54 Å². The van der Waals surface area contributed by atoms with E-state index in [1.54, 1.807) is 12.3 Å². The predicted molar refractivity (Wildman–Crippen MR) is 74.7 cm³/mol. The largest absolute Gasteiger partial charge is 0.327 e. The number of benzene rings is 1. The molecule has 2 aromatic heterocycles. The lowest BCUT2D eigenvalue weighted by Crippen LogP contribution is -1.98. The van der Waals surface area contributed by atoms with Crippen molar-refractivity contribution in [2.75, 3.05) is 0 Å². The number of fused-ring (bicyclic) bond motifs is 1. The molecular formula is C16H10N4. The summed E-state index contributed by atoms with van der Waals surface area (Å²) in [6, 6.07) is 15.9. The molecule has 0 saturated carbocycles. The zero-order valence-electron chi connectivity index (χ0n) is 10.6. The Morgan fingerprint density at radius 1 is 1.10 bits per heavy atom. The first kappa shape index (κ1) is 12.0. The van der Waals surface area contributed by atoms with E-state index in [-0.39, 0.29) is 0 Å². The van der Waals surface area contributed by atoms with Crippen LogP contribution in [0.2, 0.25) is 0 Å². The second kappa shape index (κ2) is 4.87. The quantitative estimate of drug-likeness (QED) is 0.709. The summed E-state index contributed by atoms with van der Waals surface area (Å²) in [5.74, 6) is 0. The van der Waals surface area contributed by atoms with Gasteiger partial charge in [0.1, 0.15) is 17.8 Å². The van der Waals surface area contributed by atoms with Gasteiger partial charge in [-0.2, -0.15) is 10.5 Å². The minimum Gasteiger partial charge on any atom is -0.327 e. The van der Waals surface area contributed by atoms with Gasteiger partial charge in [0.05, 0.1) is 11.1 Å². The van der Waals surface area contributed by atoms with Gasteiger partial charge in [0.2, 0.25) is 0 Å². The summed E-state index contributed by atoms with van der Waals surface area (Å²) in [6.45, 7) is 0.651. The summed E-state index contributed by atoms with van der Waals surface area (Å²) in [4.78, 5) is 4.31. The van der Waals surface area contributed by atoms with E-state index in [1.165, 1.54) is 6.20 Å². The number of rotatable bonds is 2. The molecule has 0 atom stereocenters. The Morgan fingerprint density at radius 2 is 1.90 bits per heavy atom. The van der Waals surface area contributed by atoms with Gasteiger partial charge < -0.3 is 4.57 Å². The van der Waals surface area contributed by atoms with Crippen LogP contribution in [0.4, 0.5) is 0 Å². The number of hydrogen-bond acceptors (Lipinski definition) is 3. The fraction of sp³-hybridized carbons (Fsp3) is 0.0625. The van der Waals surface area contributed by atoms with Crippen molar-refractivity contribution in [1.82, 2.24) is 9.55 Å². The molecule has 94 valence electrons. The first-order valence-corrected chi connectivity index (χ1v) is 6.15. The van der Waals surface area contributed by atoms with Crippen molar-refractivity contribution in [3.63, 3.8) is 0 Å². The zero-order valence-corrected chi connectivity index (χ0v) is 10.6. The van der Waals surface area contributed by atoms with Crippen LogP contribution in [0, 0.1) is 22.7 Å². The number of hydrogen-bond donors (Lipinski definition) is 0. The molecule has 4 nitrogen and oxygen atoms in total. The molecule has 2 heterocycles. The molecule has 0 aliphatic rings. The van der Waals surface area contributed by atoms with Gasteiger partial charge in [-0.25, -0.2) is 4.98 Å². The molecule has 3 aromatic rings. The van der Waals surface area contributed by atoms with E-state index in [0.29, 0.717) is 17.7 Å². The lowest BCUT2D eigenvalue weighted by Gasteiger charge is -2.04. The summed E-state index contributed by atoms with van der Waals surface area (Å²) in [5.41, 5.74) is 2.87. The highest BCUT2D eigenvalue weighted by Crippen LogP contribution is 2.21. The number of nitrogens with zero attached hydrogens (tertiary/aromatic N) is 4. The molecule has 0 spiro atoms. The second-order valence-electron chi connectivity index (χ2n) is 4.48. The van der Waals surface area contributed by atoms with Crippen LogP contribution in [0.15, 0.2) is 48.8 Å². The van der Waals surface area contributed by atoms with Gasteiger partial charge in [0, 0.05) is 24.3 Å². The molecule has 0 bridgehead atoms. The Hall–Kier alpha value is -3.11. The first-order chi connectivity index (χ1) is 9.81. The summed E-state index contributed by atoms with van der Waals surface area (Å²) in [5, 5.41) is 18.9. The maximum absolute atomic E-state index is 9.20. The minimum atomic E-state index is 0.464. The highest BCUT2D eigenvalue weighted by Gasteiger charge is 2.10. The molecule has 0 amide bonds. The Kier molecular flexibility index (Phi) is 2.91. The molecule has 0 aliphatic heterocycles. The molecule has 0 fully saturated rings. The van der Waals surface area contributed by atoms with E-state index in [9.17, 15) is 5.26 Å².